The van der Waals surface area contributed by atoms with Gasteiger partial charge in [0, 0.05) is 17.6 Å². The van der Waals surface area contributed by atoms with Crippen molar-refractivity contribution in [3.63, 3.8) is 0 Å². The summed E-state index contributed by atoms with van der Waals surface area (Å²) in [4.78, 5) is 12.5. The maximum Gasteiger partial charge on any atom is 0.416 e. The summed E-state index contributed by atoms with van der Waals surface area (Å²) < 4.78 is 38.7. The van der Waals surface area contributed by atoms with E-state index in [1.807, 2.05) is 0 Å². The maximum atomic E-state index is 12.9. The highest BCUT2D eigenvalue weighted by Gasteiger charge is 2.35. The molecule has 1 aromatic rings. The number of nitrogens with one attached hydrogen (secondary N) is 1. The van der Waals surface area contributed by atoms with E-state index in [-0.39, 0.29) is 23.9 Å². The minimum absolute atomic E-state index is 0.0677. The zero-order valence-corrected chi connectivity index (χ0v) is 12.8. The Morgan fingerprint density at radius 3 is 2.43 bits per heavy atom. The van der Waals surface area contributed by atoms with E-state index in [9.17, 15) is 18.0 Å². The second kappa shape index (κ2) is 6.15. The highest BCUT2D eigenvalue weighted by molar-refractivity contribution is 5.96. The van der Waals surface area contributed by atoms with Gasteiger partial charge in [-0.25, -0.2) is 0 Å². The average Bonchev–Trinajstić information content (AvgIpc) is 3.32. The topological polar surface area (TPSA) is 55.1 Å². The molecule has 0 aliphatic heterocycles. The van der Waals surface area contributed by atoms with Crippen LogP contribution in [-0.2, 0) is 6.18 Å². The molecule has 1 amide bonds. The lowest BCUT2D eigenvalue weighted by molar-refractivity contribution is -0.137. The van der Waals surface area contributed by atoms with Crippen LogP contribution in [0.15, 0.2) is 18.2 Å². The summed E-state index contributed by atoms with van der Waals surface area (Å²) in [5.74, 6) is -0.235. The second-order valence-electron chi connectivity index (χ2n) is 6.60. The standard InChI is InChI=1S/C17H21F3N2O/c18-17(19,20)11-7-8-12(13(9-11)10-5-6-10)16(23)22-15-4-2-1-3-14(15)21/h7-10,14-15H,1-6,21H2,(H,22,23)/t14-,15+/m1/s1. The SMILES string of the molecule is N[C@@H]1CCCC[C@@H]1NC(=O)c1ccc(C(F)(F)F)cc1C1CC1. The van der Waals surface area contributed by atoms with E-state index in [1.54, 1.807) is 0 Å². The van der Waals surface area contributed by atoms with Crippen molar-refractivity contribution in [3.05, 3.63) is 34.9 Å². The molecule has 3 rings (SSSR count). The molecule has 2 atom stereocenters. The molecule has 6 heteroatoms. The Balaban J connectivity index is 1.82. The van der Waals surface area contributed by atoms with E-state index in [0.717, 1.165) is 50.7 Å². The van der Waals surface area contributed by atoms with Crippen molar-refractivity contribution >= 4 is 5.91 Å². The molecule has 2 aliphatic rings. The van der Waals surface area contributed by atoms with Crippen LogP contribution in [0.3, 0.4) is 0 Å². The number of halogens is 3. The zero-order valence-electron chi connectivity index (χ0n) is 12.8. The number of hydrogen-bond donors (Lipinski definition) is 2. The Morgan fingerprint density at radius 2 is 1.83 bits per heavy atom. The molecule has 23 heavy (non-hydrogen) atoms. The lowest BCUT2D eigenvalue weighted by Crippen LogP contribution is -2.49. The number of amides is 1. The zero-order chi connectivity index (χ0) is 16.6. The number of carbonyl (C=O) groups excluding carboxylic acids is 1. The van der Waals surface area contributed by atoms with Crippen molar-refractivity contribution in [3.8, 4) is 0 Å². The first-order chi connectivity index (χ1) is 10.9. The van der Waals surface area contributed by atoms with Crippen LogP contribution in [0.5, 0.6) is 0 Å². The molecule has 0 spiro atoms. The van der Waals surface area contributed by atoms with Crippen molar-refractivity contribution < 1.29 is 18.0 Å². The highest BCUT2D eigenvalue weighted by Crippen LogP contribution is 2.43. The van der Waals surface area contributed by atoms with Gasteiger partial charge in [0.05, 0.1) is 5.56 Å². The monoisotopic (exact) mass is 326 g/mol. The molecule has 0 heterocycles. The summed E-state index contributed by atoms with van der Waals surface area (Å²) in [5.41, 5.74) is 6.22. The third-order valence-electron chi connectivity index (χ3n) is 4.78. The molecule has 0 aromatic heterocycles. The maximum absolute atomic E-state index is 12.9. The van der Waals surface area contributed by atoms with Gasteiger partial charge in [0.1, 0.15) is 0 Å². The smallest absolute Gasteiger partial charge is 0.348 e. The summed E-state index contributed by atoms with van der Waals surface area (Å²) in [6.07, 6.45) is 1.06. The fourth-order valence-corrected chi connectivity index (χ4v) is 3.26. The lowest BCUT2D eigenvalue weighted by Gasteiger charge is -2.29. The van der Waals surface area contributed by atoms with Crippen molar-refractivity contribution in [2.75, 3.05) is 0 Å². The number of hydrogen-bond acceptors (Lipinski definition) is 2. The number of benzene rings is 1. The fraction of sp³-hybridized carbons (Fsp3) is 0.588. The van der Waals surface area contributed by atoms with E-state index in [4.69, 9.17) is 5.73 Å². The largest absolute Gasteiger partial charge is 0.416 e. The van der Waals surface area contributed by atoms with Crippen LogP contribution in [0.25, 0.3) is 0 Å². The Hall–Kier alpha value is -1.56. The summed E-state index contributed by atoms with van der Waals surface area (Å²) in [5, 5.41) is 2.92. The summed E-state index contributed by atoms with van der Waals surface area (Å²) in [6.45, 7) is 0. The molecule has 0 saturated heterocycles. The first kappa shape index (κ1) is 16.3. The van der Waals surface area contributed by atoms with Gasteiger partial charge >= 0.3 is 6.18 Å². The van der Waals surface area contributed by atoms with E-state index < -0.39 is 11.7 Å². The normalized spacial score (nSPS) is 25.2. The predicted octanol–water partition coefficient (Wildman–Crippen LogP) is 3.58. The molecule has 3 N–H and O–H groups in total. The van der Waals surface area contributed by atoms with Crippen LogP contribution in [0, 0.1) is 0 Å². The van der Waals surface area contributed by atoms with E-state index >= 15 is 0 Å². The Morgan fingerprint density at radius 1 is 1.13 bits per heavy atom. The van der Waals surface area contributed by atoms with Gasteiger partial charge in [-0.15, -0.1) is 0 Å². The van der Waals surface area contributed by atoms with Crippen LogP contribution < -0.4 is 11.1 Å². The Labute approximate surface area is 133 Å². The molecule has 3 nitrogen and oxygen atoms in total. The van der Waals surface area contributed by atoms with Gasteiger partial charge in [-0.2, -0.15) is 13.2 Å². The van der Waals surface area contributed by atoms with Crippen molar-refractivity contribution in [2.24, 2.45) is 5.73 Å². The Kier molecular flexibility index (Phi) is 4.36. The van der Waals surface area contributed by atoms with E-state index in [0.29, 0.717) is 11.1 Å². The highest BCUT2D eigenvalue weighted by atomic mass is 19.4. The molecular formula is C17H21F3N2O. The predicted molar refractivity (Wildman–Crippen MR) is 81.1 cm³/mol. The second-order valence-corrected chi connectivity index (χ2v) is 6.60. The molecular weight excluding hydrogens is 305 g/mol. The van der Waals surface area contributed by atoms with Gasteiger partial charge in [-0.05, 0) is 55.4 Å². The van der Waals surface area contributed by atoms with Gasteiger partial charge in [-0.3, -0.25) is 4.79 Å². The summed E-state index contributed by atoms with van der Waals surface area (Å²) in [6, 6.07) is 3.26. The van der Waals surface area contributed by atoms with Crippen LogP contribution in [0.2, 0.25) is 0 Å². The lowest BCUT2D eigenvalue weighted by atomic mass is 9.90. The average molecular weight is 326 g/mol. The molecule has 0 radical (unpaired) electrons. The quantitative estimate of drug-likeness (QED) is 0.892. The summed E-state index contributed by atoms with van der Waals surface area (Å²) >= 11 is 0. The molecule has 0 bridgehead atoms. The molecule has 1 aromatic carbocycles. The number of rotatable bonds is 3. The van der Waals surface area contributed by atoms with Crippen molar-refractivity contribution in [2.45, 2.75) is 62.7 Å². The minimum Gasteiger partial charge on any atom is -0.348 e. The van der Waals surface area contributed by atoms with E-state index in [2.05, 4.69) is 5.32 Å². The van der Waals surface area contributed by atoms with Crippen LogP contribution in [0.1, 0.15) is 65.9 Å². The first-order valence-corrected chi connectivity index (χ1v) is 8.14. The molecule has 0 unspecified atom stereocenters. The molecule has 2 fully saturated rings. The van der Waals surface area contributed by atoms with Crippen molar-refractivity contribution in [1.82, 2.24) is 5.32 Å². The minimum atomic E-state index is -4.38. The molecule has 126 valence electrons. The van der Waals surface area contributed by atoms with E-state index in [1.165, 1.54) is 6.07 Å². The molecule has 2 saturated carbocycles. The third-order valence-corrected chi connectivity index (χ3v) is 4.78. The molecule has 2 aliphatic carbocycles. The van der Waals surface area contributed by atoms with Crippen molar-refractivity contribution in [1.29, 1.82) is 0 Å². The van der Waals surface area contributed by atoms with Gasteiger partial charge in [-0.1, -0.05) is 12.8 Å². The number of nitrogens with two attached hydrogens (primary N) is 1. The number of carbonyl (C=O) groups is 1. The summed E-state index contributed by atoms with van der Waals surface area (Å²) in [7, 11) is 0. The van der Waals surface area contributed by atoms with Gasteiger partial charge in [0.25, 0.3) is 5.91 Å². The first-order valence-electron chi connectivity index (χ1n) is 8.14. The number of alkyl halides is 3. The van der Waals surface area contributed by atoms with Crippen LogP contribution in [-0.4, -0.2) is 18.0 Å². The van der Waals surface area contributed by atoms with Crippen LogP contribution in [0.4, 0.5) is 13.2 Å². The Bertz CT molecular complexity index is 596. The third kappa shape index (κ3) is 3.68. The fourth-order valence-electron chi connectivity index (χ4n) is 3.26. The van der Waals surface area contributed by atoms with Crippen LogP contribution >= 0.6 is 0 Å². The van der Waals surface area contributed by atoms with Gasteiger partial charge in [0.15, 0.2) is 0 Å². The van der Waals surface area contributed by atoms with Gasteiger partial charge < -0.3 is 11.1 Å². The van der Waals surface area contributed by atoms with Gasteiger partial charge in [0.2, 0.25) is 0 Å².